The highest BCUT2D eigenvalue weighted by atomic mass is 19.1. The van der Waals surface area contributed by atoms with E-state index in [0.717, 1.165) is 32.5 Å². The fraction of sp³-hybridized carbons (Fsp3) is 0.273. The highest BCUT2D eigenvalue weighted by molar-refractivity contribution is 5.93. The van der Waals surface area contributed by atoms with Crippen LogP contribution in [0.1, 0.15) is 28.9 Å². The Hall–Kier alpha value is -2.99. The summed E-state index contributed by atoms with van der Waals surface area (Å²) in [6.45, 7) is 2.85. The molecule has 1 saturated heterocycles. The maximum atomic E-state index is 13.2. The van der Waals surface area contributed by atoms with Gasteiger partial charge in [-0.25, -0.2) is 9.37 Å². The van der Waals surface area contributed by atoms with Gasteiger partial charge < -0.3 is 5.32 Å². The Balaban J connectivity index is 1.34. The lowest BCUT2D eigenvalue weighted by atomic mass is 10.0. The maximum absolute atomic E-state index is 13.2. The average molecular weight is 378 g/mol. The minimum atomic E-state index is -0.308. The molecule has 0 bridgehead atoms. The van der Waals surface area contributed by atoms with Gasteiger partial charge in [0.15, 0.2) is 0 Å². The molecule has 0 saturated carbocycles. The topological polar surface area (TPSA) is 50.2 Å². The first kappa shape index (κ1) is 18.4. The number of imidazole rings is 1. The van der Waals surface area contributed by atoms with Crippen LogP contribution in [-0.4, -0.2) is 39.5 Å². The molecule has 1 aromatic heterocycles. The third-order valence-electron chi connectivity index (χ3n) is 5.15. The van der Waals surface area contributed by atoms with Crippen molar-refractivity contribution in [3.63, 3.8) is 0 Å². The first-order chi connectivity index (χ1) is 13.7. The number of piperidine rings is 1. The van der Waals surface area contributed by atoms with Crippen molar-refractivity contribution in [1.82, 2.24) is 19.8 Å². The van der Waals surface area contributed by atoms with Crippen LogP contribution >= 0.6 is 0 Å². The quantitative estimate of drug-likeness (QED) is 0.740. The van der Waals surface area contributed by atoms with Gasteiger partial charge in [-0.15, -0.1) is 0 Å². The number of hydrogen-bond donors (Lipinski definition) is 1. The van der Waals surface area contributed by atoms with Crippen molar-refractivity contribution < 1.29 is 9.18 Å². The fourth-order valence-electron chi connectivity index (χ4n) is 3.61. The van der Waals surface area contributed by atoms with E-state index in [9.17, 15) is 9.18 Å². The molecule has 2 aromatic carbocycles. The van der Waals surface area contributed by atoms with Crippen molar-refractivity contribution in [2.75, 3.05) is 13.1 Å². The third kappa shape index (κ3) is 4.28. The van der Waals surface area contributed by atoms with E-state index < -0.39 is 0 Å². The van der Waals surface area contributed by atoms with Crippen LogP contribution in [0.25, 0.3) is 5.69 Å². The zero-order valence-electron chi connectivity index (χ0n) is 15.6. The number of nitrogens with zero attached hydrogens (tertiary/aromatic N) is 3. The van der Waals surface area contributed by atoms with Gasteiger partial charge in [0.2, 0.25) is 0 Å². The monoisotopic (exact) mass is 378 g/mol. The van der Waals surface area contributed by atoms with Crippen LogP contribution in [0.5, 0.6) is 0 Å². The maximum Gasteiger partial charge on any atom is 0.270 e. The number of likely N-dealkylation sites (tertiary alicyclic amines) is 1. The van der Waals surface area contributed by atoms with Crippen LogP contribution in [0, 0.1) is 5.82 Å². The van der Waals surface area contributed by atoms with Crippen LogP contribution in [0.2, 0.25) is 0 Å². The van der Waals surface area contributed by atoms with E-state index in [1.165, 1.54) is 17.7 Å². The minimum Gasteiger partial charge on any atom is -0.348 e. The molecule has 6 heteroatoms. The van der Waals surface area contributed by atoms with Crippen molar-refractivity contribution in [2.45, 2.75) is 25.4 Å². The first-order valence-electron chi connectivity index (χ1n) is 9.54. The summed E-state index contributed by atoms with van der Waals surface area (Å²) < 4.78 is 14.8. The third-order valence-corrected chi connectivity index (χ3v) is 5.15. The van der Waals surface area contributed by atoms with E-state index in [4.69, 9.17) is 0 Å². The lowest BCUT2D eigenvalue weighted by Gasteiger charge is -2.32. The molecule has 2 heterocycles. The zero-order chi connectivity index (χ0) is 19.3. The summed E-state index contributed by atoms with van der Waals surface area (Å²) in [5, 5.41) is 3.13. The Labute approximate surface area is 163 Å². The Kier molecular flexibility index (Phi) is 5.48. The second-order valence-corrected chi connectivity index (χ2v) is 7.13. The van der Waals surface area contributed by atoms with Crippen molar-refractivity contribution in [1.29, 1.82) is 0 Å². The number of carbonyl (C=O) groups excluding carboxylic acids is 1. The van der Waals surface area contributed by atoms with Crippen molar-refractivity contribution in [3.8, 4) is 5.69 Å². The molecule has 0 unspecified atom stereocenters. The van der Waals surface area contributed by atoms with E-state index in [-0.39, 0.29) is 17.8 Å². The Morgan fingerprint density at radius 1 is 1.07 bits per heavy atom. The van der Waals surface area contributed by atoms with Gasteiger partial charge in [-0.1, -0.05) is 30.3 Å². The summed E-state index contributed by atoms with van der Waals surface area (Å²) in [6.07, 6.45) is 4.96. The van der Waals surface area contributed by atoms with E-state index in [2.05, 4.69) is 39.5 Å². The molecular formula is C22H23FN4O. The van der Waals surface area contributed by atoms with Crippen LogP contribution in [0.4, 0.5) is 4.39 Å². The number of carbonyl (C=O) groups is 1. The Morgan fingerprint density at radius 2 is 1.79 bits per heavy atom. The Morgan fingerprint density at radius 3 is 2.50 bits per heavy atom. The molecule has 144 valence electrons. The van der Waals surface area contributed by atoms with Crippen LogP contribution in [0.3, 0.4) is 0 Å². The summed E-state index contributed by atoms with van der Waals surface area (Å²) in [7, 11) is 0. The number of nitrogens with one attached hydrogen (secondary N) is 1. The highest BCUT2D eigenvalue weighted by Crippen LogP contribution is 2.16. The van der Waals surface area contributed by atoms with Crippen LogP contribution < -0.4 is 5.32 Å². The van der Waals surface area contributed by atoms with E-state index >= 15 is 0 Å². The fourth-order valence-corrected chi connectivity index (χ4v) is 3.61. The zero-order valence-corrected chi connectivity index (χ0v) is 15.6. The second kappa shape index (κ2) is 8.35. The van der Waals surface area contributed by atoms with Crippen LogP contribution in [0.15, 0.2) is 67.1 Å². The number of amides is 1. The Bertz CT molecular complexity index is 915. The van der Waals surface area contributed by atoms with E-state index in [1.54, 1.807) is 29.2 Å². The molecule has 4 rings (SSSR count). The molecule has 0 spiro atoms. The summed E-state index contributed by atoms with van der Waals surface area (Å²) in [5.41, 5.74) is 2.48. The summed E-state index contributed by atoms with van der Waals surface area (Å²) in [4.78, 5) is 19.3. The van der Waals surface area contributed by atoms with Gasteiger partial charge in [-0.05, 0) is 42.7 Å². The van der Waals surface area contributed by atoms with Gasteiger partial charge in [0.05, 0.1) is 12.5 Å². The second-order valence-electron chi connectivity index (χ2n) is 7.13. The first-order valence-corrected chi connectivity index (χ1v) is 9.54. The van der Waals surface area contributed by atoms with Crippen molar-refractivity contribution in [3.05, 3.63) is 84.2 Å². The van der Waals surface area contributed by atoms with Gasteiger partial charge in [0.1, 0.15) is 11.5 Å². The normalized spacial score (nSPS) is 15.5. The number of halogens is 1. The predicted molar refractivity (Wildman–Crippen MR) is 106 cm³/mol. The van der Waals surface area contributed by atoms with E-state index in [1.807, 2.05) is 6.07 Å². The average Bonchev–Trinajstić information content (AvgIpc) is 3.21. The summed E-state index contributed by atoms with van der Waals surface area (Å²) in [6, 6.07) is 16.6. The SMILES string of the molecule is O=C(NC1CCN(Cc2ccccc2)CC1)c1cncn1-c1ccc(F)cc1. The number of aromatic nitrogens is 2. The van der Waals surface area contributed by atoms with Crippen molar-refractivity contribution in [2.24, 2.45) is 0 Å². The lowest BCUT2D eigenvalue weighted by Crippen LogP contribution is -2.44. The number of benzene rings is 2. The molecular weight excluding hydrogens is 355 g/mol. The largest absolute Gasteiger partial charge is 0.348 e. The molecule has 1 N–H and O–H groups in total. The highest BCUT2D eigenvalue weighted by Gasteiger charge is 2.22. The molecule has 28 heavy (non-hydrogen) atoms. The molecule has 0 atom stereocenters. The van der Waals surface area contributed by atoms with Crippen molar-refractivity contribution >= 4 is 5.91 Å². The van der Waals surface area contributed by atoms with Gasteiger partial charge in [0, 0.05) is 31.4 Å². The molecule has 1 aliphatic heterocycles. The number of hydrogen-bond acceptors (Lipinski definition) is 3. The molecule has 1 amide bonds. The predicted octanol–water partition coefficient (Wildman–Crippen LogP) is 3.41. The van der Waals surface area contributed by atoms with Crippen LogP contribution in [-0.2, 0) is 6.54 Å². The molecule has 3 aromatic rings. The molecule has 0 aliphatic carbocycles. The van der Waals surface area contributed by atoms with E-state index in [0.29, 0.717) is 11.4 Å². The van der Waals surface area contributed by atoms with Gasteiger partial charge in [-0.3, -0.25) is 14.3 Å². The number of rotatable bonds is 5. The molecule has 5 nitrogen and oxygen atoms in total. The smallest absolute Gasteiger partial charge is 0.270 e. The molecule has 1 fully saturated rings. The minimum absolute atomic E-state index is 0.149. The van der Waals surface area contributed by atoms with Gasteiger partial charge in [0.25, 0.3) is 5.91 Å². The summed E-state index contributed by atoms with van der Waals surface area (Å²) >= 11 is 0. The van der Waals surface area contributed by atoms with Gasteiger partial charge in [-0.2, -0.15) is 0 Å². The lowest BCUT2D eigenvalue weighted by molar-refractivity contribution is 0.0902. The molecule has 0 radical (unpaired) electrons. The standard InChI is InChI=1S/C22H23FN4O/c23-18-6-8-20(9-7-18)27-16-24-14-21(27)22(28)25-19-10-12-26(13-11-19)15-17-4-2-1-3-5-17/h1-9,14,16,19H,10-13,15H2,(H,25,28). The molecule has 1 aliphatic rings. The van der Waals surface area contributed by atoms with Gasteiger partial charge >= 0.3 is 0 Å². The summed E-state index contributed by atoms with van der Waals surface area (Å²) in [5.74, 6) is -0.458.